The molecule has 3 amide bonds. The van der Waals surface area contributed by atoms with E-state index in [1.165, 1.54) is 6.26 Å². The number of rotatable bonds is 6. The highest BCUT2D eigenvalue weighted by molar-refractivity contribution is 5.98. The van der Waals surface area contributed by atoms with Crippen LogP contribution in [0.2, 0.25) is 0 Å². The Bertz CT molecular complexity index is 884. The Balaban J connectivity index is 1.63. The molecular formula is C23H29N3O4. The smallest absolute Gasteiger partial charge is 0.289 e. The largest absolute Gasteiger partial charge is 0.459 e. The topological polar surface area (TPSA) is 82.9 Å². The van der Waals surface area contributed by atoms with Gasteiger partial charge in [0.15, 0.2) is 5.76 Å². The first kappa shape index (κ1) is 21.6. The minimum Gasteiger partial charge on any atom is -0.459 e. The van der Waals surface area contributed by atoms with E-state index in [-0.39, 0.29) is 23.6 Å². The minimum absolute atomic E-state index is 0.101. The zero-order chi connectivity index (χ0) is 21.7. The number of nitrogens with zero attached hydrogens (tertiary/aromatic N) is 2. The molecule has 0 bridgehead atoms. The van der Waals surface area contributed by atoms with Gasteiger partial charge in [0.25, 0.3) is 11.8 Å². The van der Waals surface area contributed by atoms with E-state index in [2.05, 4.69) is 5.32 Å². The van der Waals surface area contributed by atoms with E-state index in [0.29, 0.717) is 43.9 Å². The molecule has 1 aliphatic rings. The molecule has 1 aromatic heterocycles. The third kappa shape index (κ3) is 5.09. The molecule has 0 saturated carbocycles. The first-order valence-corrected chi connectivity index (χ1v) is 10.3. The maximum absolute atomic E-state index is 13.2. The van der Waals surface area contributed by atoms with Crippen molar-refractivity contribution in [1.82, 2.24) is 15.1 Å². The molecule has 0 spiro atoms. The normalized spacial score (nSPS) is 15.2. The molecule has 2 heterocycles. The van der Waals surface area contributed by atoms with Crippen LogP contribution >= 0.6 is 0 Å². The van der Waals surface area contributed by atoms with Gasteiger partial charge in [-0.1, -0.05) is 32.0 Å². The summed E-state index contributed by atoms with van der Waals surface area (Å²) in [6, 6.07) is 10.1. The summed E-state index contributed by atoms with van der Waals surface area (Å²) in [5.74, 6) is 0.0454. The lowest BCUT2D eigenvalue weighted by atomic mass is 10.0. The summed E-state index contributed by atoms with van der Waals surface area (Å²) >= 11 is 0. The zero-order valence-electron chi connectivity index (χ0n) is 17.8. The predicted molar refractivity (Wildman–Crippen MR) is 113 cm³/mol. The van der Waals surface area contributed by atoms with E-state index in [0.717, 1.165) is 5.56 Å². The molecule has 2 aromatic rings. The van der Waals surface area contributed by atoms with Crippen LogP contribution < -0.4 is 5.32 Å². The summed E-state index contributed by atoms with van der Waals surface area (Å²) in [5.41, 5.74) is 1.45. The third-order valence-electron chi connectivity index (χ3n) is 5.31. The van der Waals surface area contributed by atoms with Crippen LogP contribution in [0, 0.1) is 12.8 Å². The second kappa shape index (κ2) is 9.61. The van der Waals surface area contributed by atoms with Gasteiger partial charge in [0.05, 0.1) is 6.26 Å². The molecule has 0 aliphatic carbocycles. The highest BCUT2D eigenvalue weighted by Crippen LogP contribution is 2.14. The quantitative estimate of drug-likeness (QED) is 0.792. The van der Waals surface area contributed by atoms with Crippen molar-refractivity contribution in [1.29, 1.82) is 0 Å². The second-order valence-corrected chi connectivity index (χ2v) is 8.07. The number of furan rings is 1. The van der Waals surface area contributed by atoms with Crippen molar-refractivity contribution < 1.29 is 18.8 Å². The lowest BCUT2D eigenvalue weighted by molar-refractivity contribution is -0.135. The summed E-state index contributed by atoms with van der Waals surface area (Å²) in [7, 11) is 0. The van der Waals surface area contributed by atoms with Gasteiger partial charge in [0, 0.05) is 31.7 Å². The van der Waals surface area contributed by atoms with Crippen LogP contribution in [0.15, 0.2) is 47.1 Å². The number of amides is 3. The predicted octanol–water partition coefficient (Wildman–Crippen LogP) is 2.72. The van der Waals surface area contributed by atoms with Crippen molar-refractivity contribution in [2.45, 2.75) is 33.2 Å². The Labute approximate surface area is 177 Å². The van der Waals surface area contributed by atoms with Gasteiger partial charge in [0.1, 0.15) is 6.04 Å². The van der Waals surface area contributed by atoms with E-state index in [1.54, 1.807) is 28.0 Å². The summed E-state index contributed by atoms with van der Waals surface area (Å²) in [6.07, 6.45) is 2.03. The molecule has 1 atom stereocenters. The van der Waals surface area contributed by atoms with Gasteiger partial charge in [-0.25, -0.2) is 0 Å². The summed E-state index contributed by atoms with van der Waals surface area (Å²) < 4.78 is 5.18. The van der Waals surface area contributed by atoms with Crippen LogP contribution in [-0.4, -0.2) is 59.7 Å². The highest BCUT2D eigenvalue weighted by atomic mass is 16.3. The van der Waals surface area contributed by atoms with Gasteiger partial charge in [0.2, 0.25) is 5.91 Å². The van der Waals surface area contributed by atoms with Crippen LogP contribution in [0.4, 0.5) is 0 Å². The second-order valence-electron chi connectivity index (χ2n) is 8.07. The molecule has 30 heavy (non-hydrogen) atoms. The number of piperazine rings is 1. The van der Waals surface area contributed by atoms with Crippen LogP contribution in [0.3, 0.4) is 0 Å². The van der Waals surface area contributed by atoms with E-state index >= 15 is 0 Å². The van der Waals surface area contributed by atoms with Crippen molar-refractivity contribution in [2.75, 3.05) is 26.2 Å². The Morgan fingerprint density at radius 2 is 1.67 bits per heavy atom. The molecule has 0 radical (unpaired) electrons. The monoisotopic (exact) mass is 411 g/mol. The number of aryl methyl sites for hydroxylation is 1. The Morgan fingerprint density at radius 1 is 1.00 bits per heavy atom. The molecule has 1 saturated heterocycles. The number of benzene rings is 1. The van der Waals surface area contributed by atoms with Crippen molar-refractivity contribution in [2.24, 2.45) is 5.92 Å². The molecule has 1 unspecified atom stereocenters. The molecule has 3 rings (SSSR count). The molecule has 160 valence electrons. The van der Waals surface area contributed by atoms with E-state index in [1.807, 2.05) is 39.0 Å². The van der Waals surface area contributed by atoms with Crippen LogP contribution in [0.25, 0.3) is 0 Å². The van der Waals surface area contributed by atoms with Gasteiger partial charge >= 0.3 is 0 Å². The third-order valence-corrected chi connectivity index (χ3v) is 5.31. The lowest BCUT2D eigenvalue weighted by Gasteiger charge is -2.36. The fourth-order valence-corrected chi connectivity index (χ4v) is 3.66. The fourth-order valence-electron chi connectivity index (χ4n) is 3.66. The molecule has 1 fully saturated rings. The summed E-state index contributed by atoms with van der Waals surface area (Å²) in [4.78, 5) is 41.8. The molecule has 7 nitrogen and oxygen atoms in total. The number of carbonyl (C=O) groups is 3. The molecule has 1 N–H and O–H groups in total. The number of nitrogens with one attached hydrogen (secondary N) is 1. The minimum atomic E-state index is -0.593. The molecule has 7 heteroatoms. The van der Waals surface area contributed by atoms with E-state index in [9.17, 15) is 14.4 Å². The lowest BCUT2D eigenvalue weighted by Crippen LogP contribution is -2.56. The number of hydrogen-bond acceptors (Lipinski definition) is 4. The van der Waals surface area contributed by atoms with Gasteiger partial charge in [-0.05, 0) is 43.0 Å². The maximum Gasteiger partial charge on any atom is 0.289 e. The molecular weight excluding hydrogens is 382 g/mol. The molecule has 1 aromatic carbocycles. The zero-order valence-corrected chi connectivity index (χ0v) is 17.8. The SMILES string of the molecule is Cc1ccccc1C(=O)NC(CC(C)C)C(=O)N1CCN(C(=O)c2ccco2)CC1. The van der Waals surface area contributed by atoms with Gasteiger partial charge in [-0.15, -0.1) is 0 Å². The summed E-state index contributed by atoms with van der Waals surface area (Å²) in [5, 5.41) is 2.93. The van der Waals surface area contributed by atoms with Crippen molar-refractivity contribution >= 4 is 17.7 Å². The van der Waals surface area contributed by atoms with E-state index in [4.69, 9.17) is 4.42 Å². The fraction of sp³-hybridized carbons (Fsp3) is 0.435. The highest BCUT2D eigenvalue weighted by Gasteiger charge is 2.31. The standard InChI is InChI=1S/C23H29N3O4/c1-16(2)15-19(24-21(27)18-8-5-4-7-17(18)3)22(28)25-10-12-26(13-11-25)23(29)20-9-6-14-30-20/h4-9,14,16,19H,10-13,15H2,1-3H3,(H,24,27). The van der Waals surface area contributed by atoms with Crippen LogP contribution in [-0.2, 0) is 4.79 Å². The van der Waals surface area contributed by atoms with Crippen LogP contribution in [0.5, 0.6) is 0 Å². The number of hydrogen-bond donors (Lipinski definition) is 1. The van der Waals surface area contributed by atoms with Crippen LogP contribution in [0.1, 0.15) is 46.7 Å². The average Bonchev–Trinajstić information content (AvgIpc) is 3.27. The maximum atomic E-state index is 13.2. The Hall–Kier alpha value is -3.09. The van der Waals surface area contributed by atoms with Crippen molar-refractivity contribution in [3.63, 3.8) is 0 Å². The van der Waals surface area contributed by atoms with Gasteiger partial charge < -0.3 is 19.5 Å². The van der Waals surface area contributed by atoms with Crippen molar-refractivity contribution in [3.8, 4) is 0 Å². The van der Waals surface area contributed by atoms with Gasteiger partial charge in [-0.3, -0.25) is 14.4 Å². The first-order chi connectivity index (χ1) is 14.4. The molecule has 1 aliphatic heterocycles. The van der Waals surface area contributed by atoms with E-state index < -0.39 is 6.04 Å². The average molecular weight is 412 g/mol. The summed E-state index contributed by atoms with van der Waals surface area (Å²) in [6.45, 7) is 7.67. The Morgan fingerprint density at radius 3 is 2.27 bits per heavy atom. The Kier molecular flexibility index (Phi) is 6.92. The number of carbonyl (C=O) groups excluding carboxylic acids is 3. The van der Waals surface area contributed by atoms with Crippen molar-refractivity contribution in [3.05, 3.63) is 59.5 Å². The van der Waals surface area contributed by atoms with Gasteiger partial charge in [-0.2, -0.15) is 0 Å². The first-order valence-electron chi connectivity index (χ1n) is 10.3.